The van der Waals surface area contributed by atoms with Crippen molar-refractivity contribution in [2.45, 2.75) is 41.0 Å². The van der Waals surface area contributed by atoms with Crippen LogP contribution >= 0.6 is 0 Å². The van der Waals surface area contributed by atoms with Crippen molar-refractivity contribution in [3.8, 4) is 0 Å². The standard InChI is InChI=1S/C12H17NO.C2H6/c1-4-11(9-10(2)3)5-6-12-7-8-13-14-12;1-2/h4-8,10H,9H2,1-3H3;1-2H3/b6-5-,11-4+;. The second kappa shape index (κ2) is 8.96. The van der Waals surface area contributed by atoms with E-state index in [9.17, 15) is 0 Å². The summed E-state index contributed by atoms with van der Waals surface area (Å²) in [6, 6.07) is 1.85. The third-order valence-corrected chi connectivity index (χ3v) is 1.93. The molecule has 0 bridgehead atoms. The first-order chi connectivity index (χ1) is 7.72. The van der Waals surface area contributed by atoms with Crippen LogP contribution in [-0.2, 0) is 0 Å². The van der Waals surface area contributed by atoms with Crippen LogP contribution in [0.4, 0.5) is 0 Å². The lowest BCUT2D eigenvalue weighted by molar-refractivity contribution is 0.412. The van der Waals surface area contributed by atoms with Crippen molar-refractivity contribution < 1.29 is 4.52 Å². The summed E-state index contributed by atoms with van der Waals surface area (Å²) in [5.41, 5.74) is 1.33. The summed E-state index contributed by atoms with van der Waals surface area (Å²) in [5.74, 6) is 1.48. The van der Waals surface area contributed by atoms with E-state index in [-0.39, 0.29) is 0 Å². The highest BCUT2D eigenvalue weighted by atomic mass is 16.5. The van der Waals surface area contributed by atoms with Crippen LogP contribution in [0.5, 0.6) is 0 Å². The van der Waals surface area contributed by atoms with E-state index in [1.165, 1.54) is 5.57 Å². The number of aromatic nitrogens is 1. The average molecular weight is 221 g/mol. The molecule has 0 fully saturated rings. The minimum absolute atomic E-state index is 0.681. The number of hydrogen-bond acceptors (Lipinski definition) is 2. The molecule has 0 aliphatic heterocycles. The molecule has 0 aliphatic rings. The summed E-state index contributed by atoms with van der Waals surface area (Å²) in [6.07, 6.45) is 8.91. The van der Waals surface area contributed by atoms with E-state index < -0.39 is 0 Å². The summed E-state index contributed by atoms with van der Waals surface area (Å²) in [4.78, 5) is 0. The molecule has 1 heterocycles. The van der Waals surface area contributed by atoms with Gasteiger partial charge in [0, 0.05) is 6.07 Å². The molecule has 2 heteroatoms. The van der Waals surface area contributed by atoms with E-state index in [2.05, 4.69) is 38.1 Å². The van der Waals surface area contributed by atoms with E-state index in [0.29, 0.717) is 5.92 Å². The maximum Gasteiger partial charge on any atom is 0.159 e. The molecule has 0 aromatic carbocycles. The summed E-state index contributed by atoms with van der Waals surface area (Å²) in [6.45, 7) is 10.5. The van der Waals surface area contributed by atoms with E-state index in [0.717, 1.165) is 12.2 Å². The average Bonchev–Trinajstić information content (AvgIpc) is 2.79. The summed E-state index contributed by atoms with van der Waals surface area (Å²) in [5, 5.41) is 3.64. The molecule has 1 rings (SSSR count). The molecule has 0 saturated carbocycles. The zero-order chi connectivity index (χ0) is 12.4. The highest BCUT2D eigenvalue weighted by Crippen LogP contribution is 2.13. The van der Waals surface area contributed by atoms with Crippen molar-refractivity contribution in [3.05, 3.63) is 35.7 Å². The Hall–Kier alpha value is -1.31. The van der Waals surface area contributed by atoms with Crippen LogP contribution in [0.3, 0.4) is 0 Å². The molecule has 0 radical (unpaired) electrons. The maximum atomic E-state index is 4.97. The fourth-order valence-electron chi connectivity index (χ4n) is 1.25. The number of nitrogens with zero attached hydrogens (tertiary/aromatic N) is 1. The van der Waals surface area contributed by atoms with Crippen LogP contribution in [0.15, 0.2) is 34.5 Å². The predicted molar refractivity (Wildman–Crippen MR) is 70.1 cm³/mol. The first-order valence-electron chi connectivity index (χ1n) is 5.96. The van der Waals surface area contributed by atoms with Gasteiger partial charge in [0.05, 0.1) is 6.20 Å². The Kier molecular flexibility index (Phi) is 8.22. The Balaban J connectivity index is 0.00000106. The van der Waals surface area contributed by atoms with Crippen molar-refractivity contribution in [3.63, 3.8) is 0 Å². The lowest BCUT2D eigenvalue weighted by atomic mass is 10.0. The smallest absolute Gasteiger partial charge is 0.159 e. The zero-order valence-corrected chi connectivity index (χ0v) is 11.0. The molecule has 16 heavy (non-hydrogen) atoms. The van der Waals surface area contributed by atoms with Crippen LogP contribution in [0.2, 0.25) is 0 Å². The van der Waals surface area contributed by atoms with Gasteiger partial charge < -0.3 is 4.52 Å². The van der Waals surface area contributed by atoms with Crippen molar-refractivity contribution in [2.24, 2.45) is 5.92 Å². The molecule has 0 unspecified atom stereocenters. The maximum absolute atomic E-state index is 4.97. The number of hydrogen-bond donors (Lipinski definition) is 0. The first kappa shape index (κ1) is 14.7. The van der Waals surface area contributed by atoms with Crippen LogP contribution in [0.1, 0.15) is 46.8 Å². The van der Waals surface area contributed by atoms with Gasteiger partial charge in [0.25, 0.3) is 0 Å². The van der Waals surface area contributed by atoms with Crippen LogP contribution < -0.4 is 0 Å². The molecule has 0 aliphatic carbocycles. The molecule has 2 nitrogen and oxygen atoms in total. The molecule has 1 aromatic rings. The highest BCUT2D eigenvalue weighted by Gasteiger charge is 1.97. The molecule has 0 amide bonds. The molecule has 0 spiro atoms. The Bertz CT molecular complexity index is 307. The van der Waals surface area contributed by atoms with Gasteiger partial charge in [-0.15, -0.1) is 0 Å². The number of rotatable bonds is 4. The van der Waals surface area contributed by atoms with Gasteiger partial charge in [-0.05, 0) is 25.3 Å². The monoisotopic (exact) mass is 221 g/mol. The van der Waals surface area contributed by atoms with E-state index in [1.54, 1.807) is 6.20 Å². The molecule has 0 atom stereocenters. The van der Waals surface area contributed by atoms with Crippen LogP contribution in [-0.4, -0.2) is 5.16 Å². The normalized spacial score (nSPS) is 11.8. The zero-order valence-electron chi connectivity index (χ0n) is 11.0. The van der Waals surface area contributed by atoms with Gasteiger partial charge in [0.2, 0.25) is 0 Å². The van der Waals surface area contributed by atoms with Crippen LogP contribution in [0.25, 0.3) is 6.08 Å². The van der Waals surface area contributed by atoms with Gasteiger partial charge in [-0.25, -0.2) is 0 Å². The second-order valence-electron chi connectivity index (χ2n) is 3.71. The molecule has 0 N–H and O–H groups in total. The van der Waals surface area contributed by atoms with E-state index >= 15 is 0 Å². The first-order valence-corrected chi connectivity index (χ1v) is 5.96. The Morgan fingerprint density at radius 1 is 1.44 bits per heavy atom. The van der Waals surface area contributed by atoms with Gasteiger partial charge in [0.15, 0.2) is 5.76 Å². The summed E-state index contributed by atoms with van der Waals surface area (Å²) in [7, 11) is 0. The predicted octanol–water partition coefficient (Wildman–Crippen LogP) is 4.71. The van der Waals surface area contributed by atoms with Crippen molar-refractivity contribution >= 4 is 6.08 Å². The highest BCUT2D eigenvalue weighted by molar-refractivity contribution is 5.46. The van der Waals surface area contributed by atoms with Gasteiger partial charge in [-0.1, -0.05) is 50.6 Å². The Morgan fingerprint density at radius 3 is 2.56 bits per heavy atom. The molecule has 90 valence electrons. The van der Waals surface area contributed by atoms with Gasteiger partial charge in [-0.2, -0.15) is 0 Å². The van der Waals surface area contributed by atoms with Gasteiger partial charge in [-0.3, -0.25) is 0 Å². The third kappa shape index (κ3) is 6.23. The lowest BCUT2D eigenvalue weighted by Crippen LogP contribution is -1.88. The molecule has 0 saturated heterocycles. The third-order valence-electron chi connectivity index (χ3n) is 1.93. The largest absolute Gasteiger partial charge is 0.357 e. The minimum Gasteiger partial charge on any atom is -0.357 e. The fraction of sp³-hybridized carbons (Fsp3) is 0.500. The van der Waals surface area contributed by atoms with E-state index in [1.807, 2.05) is 26.0 Å². The number of allylic oxidation sites excluding steroid dienone is 3. The SMILES string of the molecule is C/C=C(\C=C/c1ccno1)CC(C)C.CC. The molecule has 1 aromatic heterocycles. The van der Waals surface area contributed by atoms with Crippen LogP contribution in [0, 0.1) is 5.92 Å². The lowest BCUT2D eigenvalue weighted by Gasteiger charge is -2.03. The second-order valence-corrected chi connectivity index (χ2v) is 3.71. The van der Waals surface area contributed by atoms with E-state index in [4.69, 9.17) is 4.52 Å². The Morgan fingerprint density at radius 2 is 2.12 bits per heavy atom. The topological polar surface area (TPSA) is 26.0 Å². The quantitative estimate of drug-likeness (QED) is 0.688. The van der Waals surface area contributed by atoms with Crippen molar-refractivity contribution in [1.29, 1.82) is 0 Å². The van der Waals surface area contributed by atoms with Gasteiger partial charge in [0.1, 0.15) is 0 Å². The molecular weight excluding hydrogens is 198 g/mol. The summed E-state index contributed by atoms with van der Waals surface area (Å²) >= 11 is 0. The Labute approximate surface area is 99.0 Å². The fourth-order valence-corrected chi connectivity index (χ4v) is 1.25. The summed E-state index contributed by atoms with van der Waals surface area (Å²) < 4.78 is 4.97. The minimum atomic E-state index is 0.681. The van der Waals surface area contributed by atoms with Crippen molar-refractivity contribution in [1.82, 2.24) is 5.16 Å². The molecular formula is C14H23NO. The van der Waals surface area contributed by atoms with Crippen molar-refractivity contribution in [2.75, 3.05) is 0 Å². The van der Waals surface area contributed by atoms with Gasteiger partial charge >= 0.3 is 0 Å².